The lowest BCUT2D eigenvalue weighted by Gasteiger charge is -2.17. The number of aromatic nitrogens is 2. The van der Waals surface area contributed by atoms with Crippen molar-refractivity contribution < 1.29 is 8.42 Å². The molecule has 0 spiro atoms. The molecule has 1 heterocycles. The van der Waals surface area contributed by atoms with E-state index >= 15 is 0 Å². The van der Waals surface area contributed by atoms with Gasteiger partial charge in [-0.3, -0.25) is 9.82 Å². The number of nitrogens with two attached hydrogens (primary N) is 1. The number of hydrogen-bond donors (Lipinski definition) is 3. The van der Waals surface area contributed by atoms with E-state index in [9.17, 15) is 8.42 Å². The van der Waals surface area contributed by atoms with Crippen molar-refractivity contribution in [2.75, 3.05) is 16.2 Å². The van der Waals surface area contributed by atoms with Crippen LogP contribution >= 0.6 is 0 Å². The molecule has 92 valence electrons. The van der Waals surface area contributed by atoms with Crippen LogP contribution in [0.5, 0.6) is 0 Å². The zero-order chi connectivity index (χ0) is 12.4. The Balaban J connectivity index is 2.63. The van der Waals surface area contributed by atoms with Gasteiger partial charge >= 0.3 is 0 Å². The molecule has 7 heteroatoms. The molecule has 0 unspecified atom stereocenters. The molecule has 6 nitrogen and oxygen atoms in total. The van der Waals surface area contributed by atoms with Gasteiger partial charge in [-0.1, -0.05) is 20.8 Å². The van der Waals surface area contributed by atoms with Gasteiger partial charge in [0.1, 0.15) is 0 Å². The van der Waals surface area contributed by atoms with E-state index in [1.165, 1.54) is 6.20 Å². The topological polar surface area (TPSA) is 101 Å². The summed E-state index contributed by atoms with van der Waals surface area (Å²) in [6.07, 6.45) is 1.94. The van der Waals surface area contributed by atoms with Crippen LogP contribution in [0.3, 0.4) is 0 Å². The van der Waals surface area contributed by atoms with E-state index in [-0.39, 0.29) is 17.0 Å². The molecule has 0 fully saturated rings. The monoisotopic (exact) mass is 246 g/mol. The number of hydrogen-bond acceptors (Lipinski definition) is 4. The summed E-state index contributed by atoms with van der Waals surface area (Å²) in [5.41, 5.74) is 5.78. The SMILES string of the molecule is CC(C)(C)CCS(=O)(=O)Nc1[nH]ncc1N. The number of nitrogen functional groups attached to an aromatic ring is 1. The van der Waals surface area contributed by atoms with Crippen molar-refractivity contribution in [2.45, 2.75) is 27.2 Å². The predicted octanol–water partition coefficient (Wildman–Crippen LogP) is 1.17. The fourth-order valence-electron chi connectivity index (χ4n) is 1.02. The Kier molecular flexibility index (Phi) is 3.47. The van der Waals surface area contributed by atoms with Crippen molar-refractivity contribution in [2.24, 2.45) is 5.41 Å². The third-order valence-corrected chi connectivity index (χ3v) is 3.30. The Hall–Kier alpha value is -1.24. The van der Waals surface area contributed by atoms with Gasteiger partial charge in [-0.05, 0) is 11.8 Å². The van der Waals surface area contributed by atoms with E-state index in [4.69, 9.17) is 5.73 Å². The number of rotatable bonds is 4. The van der Waals surface area contributed by atoms with Crippen molar-refractivity contribution in [3.8, 4) is 0 Å². The number of nitrogens with one attached hydrogen (secondary N) is 2. The molecule has 0 saturated heterocycles. The second kappa shape index (κ2) is 4.32. The molecule has 1 rings (SSSR count). The van der Waals surface area contributed by atoms with E-state index in [1.807, 2.05) is 20.8 Å². The minimum absolute atomic E-state index is 0.0196. The standard InChI is InChI=1S/C9H18N4O2S/c1-9(2,3)4-5-16(14,15)13-8-7(10)6-11-12-8/h6H,4-5,10H2,1-3H3,(H2,11,12,13). The Morgan fingerprint density at radius 2 is 2.12 bits per heavy atom. The fourth-order valence-corrected chi connectivity index (χ4v) is 2.48. The lowest BCUT2D eigenvalue weighted by atomic mass is 9.94. The molecule has 1 aromatic rings. The van der Waals surface area contributed by atoms with Gasteiger partial charge in [0.25, 0.3) is 0 Å². The van der Waals surface area contributed by atoms with Crippen LogP contribution in [0.2, 0.25) is 0 Å². The number of anilines is 2. The molecule has 16 heavy (non-hydrogen) atoms. The second-order valence-electron chi connectivity index (χ2n) is 4.93. The van der Waals surface area contributed by atoms with Crippen LogP contribution in [-0.2, 0) is 10.0 Å². The first-order valence-corrected chi connectivity index (χ1v) is 6.64. The molecule has 0 aliphatic heterocycles. The molecule has 0 saturated carbocycles. The van der Waals surface area contributed by atoms with Crippen LogP contribution in [0.15, 0.2) is 6.20 Å². The molecule has 0 amide bonds. The van der Waals surface area contributed by atoms with Crippen LogP contribution in [0.1, 0.15) is 27.2 Å². The highest BCUT2D eigenvalue weighted by atomic mass is 32.2. The second-order valence-corrected chi connectivity index (χ2v) is 6.77. The van der Waals surface area contributed by atoms with Crippen LogP contribution in [0, 0.1) is 5.41 Å². The predicted molar refractivity (Wildman–Crippen MR) is 64.5 cm³/mol. The quantitative estimate of drug-likeness (QED) is 0.742. The Morgan fingerprint density at radius 3 is 2.56 bits per heavy atom. The van der Waals surface area contributed by atoms with Crippen molar-refractivity contribution in [1.82, 2.24) is 10.2 Å². The van der Waals surface area contributed by atoms with Crippen LogP contribution < -0.4 is 10.5 Å². The number of aromatic amines is 1. The van der Waals surface area contributed by atoms with E-state index in [1.54, 1.807) is 0 Å². The molecule has 0 aliphatic carbocycles. The first-order valence-electron chi connectivity index (χ1n) is 4.99. The van der Waals surface area contributed by atoms with Gasteiger partial charge in [0.2, 0.25) is 10.0 Å². The van der Waals surface area contributed by atoms with Gasteiger partial charge < -0.3 is 5.73 Å². The molecular formula is C9H18N4O2S. The highest BCUT2D eigenvalue weighted by molar-refractivity contribution is 7.92. The van der Waals surface area contributed by atoms with E-state index in [0.29, 0.717) is 12.1 Å². The summed E-state index contributed by atoms with van der Waals surface area (Å²) in [5.74, 6) is 0.295. The third kappa shape index (κ3) is 4.09. The lowest BCUT2D eigenvalue weighted by Crippen LogP contribution is -2.21. The summed E-state index contributed by atoms with van der Waals surface area (Å²) < 4.78 is 25.7. The summed E-state index contributed by atoms with van der Waals surface area (Å²) in [4.78, 5) is 0. The Labute approximate surface area is 95.7 Å². The van der Waals surface area contributed by atoms with Crippen molar-refractivity contribution in [3.63, 3.8) is 0 Å². The van der Waals surface area contributed by atoms with Gasteiger partial charge in [0, 0.05) is 0 Å². The zero-order valence-electron chi connectivity index (χ0n) is 9.74. The minimum atomic E-state index is -3.36. The van der Waals surface area contributed by atoms with E-state index < -0.39 is 10.0 Å². The zero-order valence-corrected chi connectivity index (χ0v) is 10.6. The van der Waals surface area contributed by atoms with E-state index in [2.05, 4.69) is 14.9 Å². The summed E-state index contributed by atoms with van der Waals surface area (Å²) >= 11 is 0. The lowest BCUT2D eigenvalue weighted by molar-refractivity contribution is 0.397. The largest absolute Gasteiger partial charge is 0.394 e. The fraction of sp³-hybridized carbons (Fsp3) is 0.667. The van der Waals surface area contributed by atoms with Crippen molar-refractivity contribution in [3.05, 3.63) is 6.20 Å². The summed E-state index contributed by atoms with van der Waals surface area (Å²) in [6.45, 7) is 5.98. The van der Waals surface area contributed by atoms with Gasteiger partial charge in [-0.2, -0.15) is 5.10 Å². The Bertz CT molecular complexity index is 444. The normalized spacial score (nSPS) is 12.7. The Morgan fingerprint density at radius 1 is 1.50 bits per heavy atom. The molecule has 0 aliphatic rings. The molecule has 0 radical (unpaired) electrons. The van der Waals surface area contributed by atoms with Gasteiger partial charge in [-0.25, -0.2) is 8.42 Å². The molecule has 0 bridgehead atoms. The van der Waals surface area contributed by atoms with Crippen molar-refractivity contribution in [1.29, 1.82) is 0 Å². The van der Waals surface area contributed by atoms with Crippen molar-refractivity contribution >= 4 is 21.5 Å². The molecule has 0 atom stereocenters. The summed E-state index contributed by atoms with van der Waals surface area (Å²) in [5, 5.41) is 6.13. The highest BCUT2D eigenvalue weighted by Gasteiger charge is 2.18. The average molecular weight is 246 g/mol. The van der Waals surface area contributed by atoms with E-state index in [0.717, 1.165) is 0 Å². The summed E-state index contributed by atoms with van der Waals surface area (Å²) in [7, 11) is -3.36. The number of nitrogens with zero attached hydrogens (tertiary/aromatic N) is 1. The van der Waals surface area contributed by atoms with Crippen LogP contribution in [-0.4, -0.2) is 24.4 Å². The first kappa shape index (κ1) is 12.8. The maximum Gasteiger partial charge on any atom is 0.233 e. The molecule has 1 aromatic heterocycles. The molecule has 4 N–H and O–H groups in total. The van der Waals surface area contributed by atoms with Crippen LogP contribution in [0.4, 0.5) is 11.5 Å². The smallest absolute Gasteiger partial charge is 0.233 e. The number of sulfonamides is 1. The maximum absolute atomic E-state index is 11.7. The highest BCUT2D eigenvalue weighted by Crippen LogP contribution is 2.21. The van der Waals surface area contributed by atoms with Gasteiger partial charge in [0.05, 0.1) is 17.6 Å². The maximum atomic E-state index is 11.7. The average Bonchev–Trinajstić information content (AvgIpc) is 2.47. The third-order valence-electron chi connectivity index (χ3n) is 2.05. The first-order chi connectivity index (χ1) is 7.20. The van der Waals surface area contributed by atoms with Gasteiger partial charge in [0.15, 0.2) is 5.82 Å². The van der Waals surface area contributed by atoms with Crippen LogP contribution in [0.25, 0.3) is 0 Å². The summed E-state index contributed by atoms with van der Waals surface area (Å²) in [6, 6.07) is 0. The van der Waals surface area contributed by atoms with Gasteiger partial charge in [-0.15, -0.1) is 0 Å². The molecular weight excluding hydrogens is 228 g/mol. The number of H-pyrrole nitrogens is 1. The minimum Gasteiger partial charge on any atom is -0.394 e. The molecule has 0 aromatic carbocycles.